The van der Waals surface area contributed by atoms with E-state index in [0.29, 0.717) is 11.5 Å². The molecule has 0 aromatic rings. The van der Waals surface area contributed by atoms with Gasteiger partial charge in [0.1, 0.15) is 0 Å². The molecule has 1 fully saturated rings. The van der Waals surface area contributed by atoms with Crippen LogP contribution in [-0.4, -0.2) is 37.1 Å². The zero-order valence-electron chi connectivity index (χ0n) is 11.1. The fourth-order valence-electron chi connectivity index (χ4n) is 2.79. The first-order valence-corrected chi connectivity index (χ1v) is 6.38. The van der Waals surface area contributed by atoms with Gasteiger partial charge in [-0.1, -0.05) is 27.7 Å². The average molecular weight is 212 g/mol. The Morgan fingerprint density at radius 3 is 2.13 bits per heavy atom. The fourth-order valence-corrected chi connectivity index (χ4v) is 2.79. The van der Waals surface area contributed by atoms with Gasteiger partial charge >= 0.3 is 0 Å². The molecule has 1 aliphatic rings. The van der Waals surface area contributed by atoms with Gasteiger partial charge in [0.2, 0.25) is 0 Å². The second-order valence-corrected chi connectivity index (χ2v) is 6.05. The summed E-state index contributed by atoms with van der Waals surface area (Å²) < 4.78 is 0. The summed E-state index contributed by atoms with van der Waals surface area (Å²) in [5.74, 6) is 0.797. The SMILES string of the molecule is CC(C)CC(C)(C)C(C)N1CCNCC1. The number of nitrogens with one attached hydrogen (secondary N) is 1. The van der Waals surface area contributed by atoms with E-state index in [1.807, 2.05) is 0 Å². The van der Waals surface area contributed by atoms with Crippen molar-refractivity contribution in [1.82, 2.24) is 10.2 Å². The van der Waals surface area contributed by atoms with Crippen molar-refractivity contribution in [3.05, 3.63) is 0 Å². The van der Waals surface area contributed by atoms with Gasteiger partial charge in [0.25, 0.3) is 0 Å². The lowest BCUT2D eigenvalue weighted by atomic mass is 9.77. The molecule has 15 heavy (non-hydrogen) atoms. The third-order valence-corrected chi connectivity index (χ3v) is 3.76. The van der Waals surface area contributed by atoms with Crippen molar-refractivity contribution in [1.29, 1.82) is 0 Å². The van der Waals surface area contributed by atoms with E-state index in [4.69, 9.17) is 0 Å². The van der Waals surface area contributed by atoms with Crippen LogP contribution in [0.2, 0.25) is 0 Å². The Labute approximate surface area is 95.4 Å². The van der Waals surface area contributed by atoms with Gasteiger partial charge in [0, 0.05) is 32.2 Å². The number of rotatable bonds is 4. The summed E-state index contributed by atoms with van der Waals surface area (Å²) >= 11 is 0. The summed E-state index contributed by atoms with van der Waals surface area (Å²) in [6, 6.07) is 0.696. The lowest BCUT2D eigenvalue weighted by Crippen LogP contribution is -2.52. The highest BCUT2D eigenvalue weighted by atomic mass is 15.2. The molecule has 2 heteroatoms. The Bertz CT molecular complexity index is 181. The van der Waals surface area contributed by atoms with Crippen molar-refractivity contribution in [2.45, 2.75) is 47.1 Å². The first-order valence-electron chi connectivity index (χ1n) is 6.38. The van der Waals surface area contributed by atoms with Crippen molar-refractivity contribution in [2.75, 3.05) is 26.2 Å². The molecule has 0 aliphatic carbocycles. The monoisotopic (exact) mass is 212 g/mol. The largest absolute Gasteiger partial charge is 0.314 e. The molecular weight excluding hydrogens is 184 g/mol. The van der Waals surface area contributed by atoms with Crippen molar-refractivity contribution in [3.63, 3.8) is 0 Å². The third kappa shape index (κ3) is 3.76. The van der Waals surface area contributed by atoms with E-state index in [1.165, 1.54) is 19.5 Å². The van der Waals surface area contributed by atoms with Crippen LogP contribution in [0.15, 0.2) is 0 Å². The van der Waals surface area contributed by atoms with Crippen LogP contribution in [0.3, 0.4) is 0 Å². The molecule has 1 N–H and O–H groups in total. The Kier molecular flexibility index (Phi) is 4.60. The number of piperazine rings is 1. The molecule has 2 nitrogen and oxygen atoms in total. The van der Waals surface area contributed by atoms with Gasteiger partial charge < -0.3 is 5.32 Å². The molecular formula is C13H28N2. The molecule has 0 saturated carbocycles. The van der Waals surface area contributed by atoms with Gasteiger partial charge in [0.05, 0.1) is 0 Å². The lowest BCUT2D eigenvalue weighted by molar-refractivity contribution is 0.0730. The van der Waals surface area contributed by atoms with Crippen LogP contribution < -0.4 is 5.32 Å². The van der Waals surface area contributed by atoms with Gasteiger partial charge in [-0.25, -0.2) is 0 Å². The fraction of sp³-hybridized carbons (Fsp3) is 1.00. The maximum atomic E-state index is 3.42. The van der Waals surface area contributed by atoms with E-state index < -0.39 is 0 Å². The van der Waals surface area contributed by atoms with E-state index in [1.54, 1.807) is 0 Å². The molecule has 1 heterocycles. The van der Waals surface area contributed by atoms with Gasteiger partial charge in [-0.2, -0.15) is 0 Å². The minimum Gasteiger partial charge on any atom is -0.314 e. The topological polar surface area (TPSA) is 15.3 Å². The molecule has 90 valence electrons. The molecule has 0 spiro atoms. The Morgan fingerprint density at radius 1 is 1.13 bits per heavy atom. The quantitative estimate of drug-likeness (QED) is 0.769. The van der Waals surface area contributed by atoms with Crippen LogP contribution in [0.4, 0.5) is 0 Å². The summed E-state index contributed by atoms with van der Waals surface area (Å²) in [7, 11) is 0. The van der Waals surface area contributed by atoms with E-state index in [9.17, 15) is 0 Å². The van der Waals surface area contributed by atoms with Gasteiger partial charge in [-0.05, 0) is 24.7 Å². The van der Waals surface area contributed by atoms with Crippen LogP contribution in [-0.2, 0) is 0 Å². The lowest BCUT2D eigenvalue weighted by Gasteiger charge is -2.43. The molecule has 0 aromatic carbocycles. The van der Waals surface area contributed by atoms with E-state index in [2.05, 4.69) is 44.8 Å². The van der Waals surface area contributed by atoms with E-state index in [-0.39, 0.29) is 0 Å². The average Bonchev–Trinajstić information content (AvgIpc) is 2.16. The smallest absolute Gasteiger partial charge is 0.0119 e. The normalized spacial score (nSPS) is 22.0. The third-order valence-electron chi connectivity index (χ3n) is 3.76. The second-order valence-electron chi connectivity index (χ2n) is 6.05. The van der Waals surface area contributed by atoms with Crippen LogP contribution in [0.25, 0.3) is 0 Å². The number of hydrogen-bond acceptors (Lipinski definition) is 2. The van der Waals surface area contributed by atoms with Crippen LogP contribution in [0.5, 0.6) is 0 Å². The van der Waals surface area contributed by atoms with Crippen molar-refractivity contribution in [3.8, 4) is 0 Å². The molecule has 1 saturated heterocycles. The van der Waals surface area contributed by atoms with Crippen LogP contribution in [0.1, 0.15) is 41.0 Å². The van der Waals surface area contributed by atoms with Crippen molar-refractivity contribution in [2.24, 2.45) is 11.3 Å². The summed E-state index contributed by atoms with van der Waals surface area (Å²) in [6.45, 7) is 16.6. The zero-order valence-corrected chi connectivity index (χ0v) is 11.1. The zero-order chi connectivity index (χ0) is 11.5. The molecule has 0 radical (unpaired) electrons. The van der Waals surface area contributed by atoms with Gasteiger partial charge in [-0.3, -0.25) is 4.90 Å². The van der Waals surface area contributed by atoms with Gasteiger partial charge in [0.15, 0.2) is 0 Å². The minimum absolute atomic E-state index is 0.436. The standard InChI is InChI=1S/C13H28N2/c1-11(2)10-13(4,5)12(3)15-8-6-14-7-9-15/h11-12,14H,6-10H2,1-5H3. The number of hydrogen-bond donors (Lipinski definition) is 1. The molecule has 1 rings (SSSR count). The predicted octanol–water partition coefficient (Wildman–Crippen LogP) is 2.35. The van der Waals surface area contributed by atoms with Crippen molar-refractivity contribution >= 4 is 0 Å². The second kappa shape index (κ2) is 5.31. The van der Waals surface area contributed by atoms with Crippen LogP contribution >= 0.6 is 0 Å². The predicted molar refractivity (Wildman–Crippen MR) is 67.1 cm³/mol. The molecule has 1 aliphatic heterocycles. The first-order chi connectivity index (χ1) is 6.93. The van der Waals surface area contributed by atoms with E-state index >= 15 is 0 Å². The first kappa shape index (κ1) is 13.0. The highest BCUT2D eigenvalue weighted by molar-refractivity contribution is 4.85. The van der Waals surface area contributed by atoms with Crippen LogP contribution in [0, 0.1) is 11.3 Å². The number of nitrogens with zero attached hydrogens (tertiary/aromatic N) is 1. The molecule has 1 unspecified atom stereocenters. The maximum Gasteiger partial charge on any atom is 0.0119 e. The Balaban J connectivity index is 2.52. The Hall–Kier alpha value is -0.0800. The molecule has 0 bridgehead atoms. The summed E-state index contributed by atoms with van der Waals surface area (Å²) in [6.07, 6.45) is 1.32. The van der Waals surface area contributed by atoms with E-state index in [0.717, 1.165) is 19.0 Å². The molecule has 1 atom stereocenters. The Morgan fingerprint density at radius 2 is 1.67 bits per heavy atom. The maximum absolute atomic E-state index is 3.42. The molecule has 0 aromatic heterocycles. The van der Waals surface area contributed by atoms with Crippen molar-refractivity contribution < 1.29 is 0 Å². The highest BCUT2D eigenvalue weighted by Crippen LogP contribution is 2.32. The van der Waals surface area contributed by atoms with Gasteiger partial charge in [-0.15, -0.1) is 0 Å². The summed E-state index contributed by atoms with van der Waals surface area (Å²) in [4.78, 5) is 2.64. The minimum atomic E-state index is 0.436. The highest BCUT2D eigenvalue weighted by Gasteiger charge is 2.31. The molecule has 0 amide bonds. The summed E-state index contributed by atoms with van der Waals surface area (Å²) in [5, 5.41) is 3.42. The summed E-state index contributed by atoms with van der Waals surface area (Å²) in [5.41, 5.74) is 0.436.